The van der Waals surface area contributed by atoms with Crippen molar-refractivity contribution in [2.45, 2.75) is 47.2 Å². The Labute approximate surface area is 124 Å². The van der Waals surface area contributed by atoms with E-state index in [0.29, 0.717) is 0 Å². The minimum atomic E-state index is -1.17. The quantitative estimate of drug-likeness (QED) is 0.756. The summed E-state index contributed by atoms with van der Waals surface area (Å²) in [4.78, 5) is 12.7. The van der Waals surface area contributed by atoms with Gasteiger partial charge in [0, 0.05) is 12.9 Å². The van der Waals surface area contributed by atoms with Crippen molar-refractivity contribution in [2.75, 3.05) is 23.8 Å². The largest absolute Gasteiger partial charge is 0.322 e. The van der Waals surface area contributed by atoms with Crippen molar-refractivity contribution >= 4 is 18.9 Å². The van der Waals surface area contributed by atoms with Crippen LogP contribution in [0.5, 0.6) is 0 Å². The first-order chi connectivity index (χ1) is 9.41. The van der Waals surface area contributed by atoms with Crippen LogP contribution in [0.25, 0.3) is 0 Å². The van der Waals surface area contributed by atoms with E-state index in [9.17, 15) is 4.79 Å². The van der Waals surface area contributed by atoms with Gasteiger partial charge in [-0.3, -0.25) is 4.79 Å². The molecule has 1 aromatic rings. The van der Waals surface area contributed by atoms with E-state index in [1.54, 1.807) is 0 Å². The lowest BCUT2D eigenvalue weighted by molar-refractivity contribution is -0.115. The molecule has 0 saturated carbocycles. The fourth-order valence-electron chi connectivity index (χ4n) is 2.98. The van der Waals surface area contributed by atoms with Gasteiger partial charge in [0.15, 0.2) is 0 Å². The van der Waals surface area contributed by atoms with Gasteiger partial charge in [0.25, 0.3) is 5.91 Å². The van der Waals surface area contributed by atoms with Crippen LogP contribution in [0, 0.1) is 13.8 Å². The molecule has 1 N–H and O–H groups in total. The monoisotopic (exact) mass is 294 g/mol. The molecule has 112 valence electrons. The van der Waals surface area contributed by atoms with Crippen LogP contribution in [-0.2, 0) is 4.79 Å². The van der Waals surface area contributed by atoms with Crippen LogP contribution in [-0.4, -0.2) is 30.1 Å². The molecule has 20 heavy (non-hydrogen) atoms. The second-order valence-corrected chi connectivity index (χ2v) is 10.7. The molecular formula is C17H29NOP+. The molecule has 1 rings (SSSR count). The molecule has 0 aliphatic rings. The third-order valence-electron chi connectivity index (χ3n) is 4.82. The predicted molar refractivity (Wildman–Crippen MR) is 92.6 cm³/mol. The zero-order chi connectivity index (χ0) is 15.3. The summed E-state index contributed by atoms with van der Waals surface area (Å²) in [6.45, 7) is 12.9. The fourth-order valence-corrected chi connectivity index (χ4v) is 6.53. The van der Waals surface area contributed by atoms with Gasteiger partial charge in [0.2, 0.25) is 0 Å². The smallest absolute Gasteiger partial charge is 0.264 e. The number of rotatable bonds is 6. The van der Waals surface area contributed by atoms with Crippen LogP contribution in [0.2, 0.25) is 0 Å². The minimum Gasteiger partial charge on any atom is -0.322 e. The van der Waals surface area contributed by atoms with E-state index in [2.05, 4.69) is 59.0 Å². The minimum absolute atomic E-state index is 0.140. The van der Waals surface area contributed by atoms with Gasteiger partial charge in [-0.15, -0.1) is 0 Å². The number of benzene rings is 1. The number of anilines is 1. The summed E-state index contributed by atoms with van der Waals surface area (Å²) in [7, 11) is -1.17. The van der Waals surface area contributed by atoms with Gasteiger partial charge < -0.3 is 5.32 Å². The molecule has 0 bridgehead atoms. The van der Waals surface area contributed by atoms with E-state index in [0.717, 1.165) is 35.3 Å². The molecule has 1 atom stereocenters. The zero-order valence-corrected chi connectivity index (χ0v) is 14.7. The molecule has 0 fully saturated rings. The third kappa shape index (κ3) is 3.41. The lowest BCUT2D eigenvalue weighted by atomic mass is 10.1. The second-order valence-electron chi connectivity index (χ2n) is 5.60. The number of aryl methyl sites for hydroxylation is 2. The first-order valence-electron chi connectivity index (χ1n) is 7.64. The first-order valence-corrected chi connectivity index (χ1v) is 10.1. The van der Waals surface area contributed by atoms with E-state index < -0.39 is 7.26 Å². The highest BCUT2D eigenvalue weighted by Crippen LogP contribution is 2.62. The SMILES string of the molecule is CC[P+](CC)(CC)C(C)C(=O)Nc1c(C)cccc1C. The highest BCUT2D eigenvalue weighted by molar-refractivity contribution is 7.77. The van der Waals surface area contributed by atoms with Crippen LogP contribution < -0.4 is 5.32 Å². The van der Waals surface area contributed by atoms with Crippen LogP contribution in [0.15, 0.2) is 18.2 Å². The van der Waals surface area contributed by atoms with Crippen LogP contribution in [0.1, 0.15) is 38.8 Å². The number of carbonyl (C=O) groups excluding carboxylic acids is 1. The third-order valence-corrected chi connectivity index (χ3v) is 10.5. The molecule has 0 saturated heterocycles. The fraction of sp³-hybridized carbons (Fsp3) is 0.588. The topological polar surface area (TPSA) is 29.1 Å². The second kappa shape index (κ2) is 7.22. The predicted octanol–water partition coefficient (Wildman–Crippen LogP) is 4.71. The van der Waals surface area contributed by atoms with Crippen molar-refractivity contribution in [3.05, 3.63) is 29.3 Å². The van der Waals surface area contributed by atoms with Gasteiger partial charge >= 0.3 is 0 Å². The van der Waals surface area contributed by atoms with E-state index in [-0.39, 0.29) is 11.6 Å². The summed E-state index contributed by atoms with van der Waals surface area (Å²) in [5.74, 6) is 0.196. The average Bonchev–Trinajstić information content (AvgIpc) is 2.45. The summed E-state index contributed by atoms with van der Waals surface area (Å²) in [5, 5.41) is 3.18. The van der Waals surface area contributed by atoms with Crippen molar-refractivity contribution in [2.24, 2.45) is 0 Å². The molecule has 1 aromatic carbocycles. The lowest BCUT2D eigenvalue weighted by Crippen LogP contribution is -2.31. The number of nitrogens with one attached hydrogen (secondary N) is 1. The Hall–Kier alpha value is -0.880. The Bertz CT molecular complexity index is 438. The zero-order valence-electron chi connectivity index (χ0n) is 13.8. The van der Waals surface area contributed by atoms with Crippen LogP contribution in [0.4, 0.5) is 5.69 Å². The number of para-hydroxylation sites is 1. The maximum atomic E-state index is 12.7. The first kappa shape index (κ1) is 17.2. The number of hydrogen-bond donors (Lipinski definition) is 1. The molecule has 1 unspecified atom stereocenters. The van der Waals surface area contributed by atoms with Crippen molar-refractivity contribution in [1.29, 1.82) is 0 Å². The highest BCUT2D eigenvalue weighted by Gasteiger charge is 2.42. The summed E-state index contributed by atoms with van der Waals surface area (Å²) in [6.07, 6.45) is 3.46. The normalized spacial score (nSPS) is 13.1. The summed E-state index contributed by atoms with van der Waals surface area (Å²) in [5.41, 5.74) is 3.41. The van der Waals surface area contributed by atoms with Gasteiger partial charge in [0.1, 0.15) is 5.66 Å². The van der Waals surface area contributed by atoms with E-state index >= 15 is 0 Å². The van der Waals surface area contributed by atoms with Crippen molar-refractivity contribution in [3.63, 3.8) is 0 Å². The van der Waals surface area contributed by atoms with Gasteiger partial charge in [-0.1, -0.05) is 18.2 Å². The number of hydrogen-bond acceptors (Lipinski definition) is 1. The molecule has 0 aliphatic heterocycles. The molecule has 0 aliphatic carbocycles. The Kier molecular flexibility index (Phi) is 6.20. The summed E-state index contributed by atoms with van der Waals surface area (Å²) in [6, 6.07) is 6.13. The Morgan fingerprint density at radius 2 is 1.55 bits per heavy atom. The molecule has 0 aromatic heterocycles. The molecule has 3 heteroatoms. The van der Waals surface area contributed by atoms with Crippen LogP contribution >= 0.6 is 7.26 Å². The molecule has 0 heterocycles. The highest BCUT2D eigenvalue weighted by atomic mass is 31.2. The molecule has 0 radical (unpaired) electrons. The molecule has 2 nitrogen and oxygen atoms in total. The van der Waals surface area contributed by atoms with E-state index in [1.807, 2.05) is 6.07 Å². The molecule has 0 spiro atoms. The average molecular weight is 294 g/mol. The Morgan fingerprint density at radius 1 is 1.10 bits per heavy atom. The van der Waals surface area contributed by atoms with Gasteiger partial charge in [-0.05, 0) is 52.7 Å². The van der Waals surface area contributed by atoms with E-state index in [4.69, 9.17) is 0 Å². The van der Waals surface area contributed by atoms with Gasteiger partial charge in [0.05, 0.1) is 18.5 Å². The van der Waals surface area contributed by atoms with Crippen molar-refractivity contribution in [3.8, 4) is 0 Å². The maximum absolute atomic E-state index is 12.7. The van der Waals surface area contributed by atoms with Crippen LogP contribution in [0.3, 0.4) is 0 Å². The van der Waals surface area contributed by atoms with Crippen molar-refractivity contribution < 1.29 is 4.79 Å². The molecule has 1 amide bonds. The Morgan fingerprint density at radius 3 is 1.95 bits per heavy atom. The van der Waals surface area contributed by atoms with Crippen molar-refractivity contribution in [1.82, 2.24) is 0 Å². The summed E-state index contributed by atoms with van der Waals surface area (Å²) < 4.78 is 0. The standard InChI is InChI=1S/C17H28NOP/c1-7-20(8-2,9-3)15(6)17(19)18-16-13(4)11-10-12-14(16)5/h10-12,15H,7-9H2,1-6H3/p+1. The lowest BCUT2D eigenvalue weighted by Gasteiger charge is -2.29. The van der Waals surface area contributed by atoms with Gasteiger partial charge in [-0.2, -0.15) is 0 Å². The summed E-state index contributed by atoms with van der Waals surface area (Å²) >= 11 is 0. The molecular weight excluding hydrogens is 265 g/mol. The van der Waals surface area contributed by atoms with Gasteiger partial charge in [-0.25, -0.2) is 0 Å². The van der Waals surface area contributed by atoms with E-state index in [1.165, 1.54) is 0 Å². The Balaban J connectivity index is 2.96. The number of carbonyl (C=O) groups is 1. The maximum Gasteiger partial charge on any atom is 0.264 e. The number of amides is 1.